The lowest BCUT2D eigenvalue weighted by Crippen LogP contribution is -2.17. The van der Waals surface area contributed by atoms with Gasteiger partial charge >= 0.3 is 0 Å². The molecule has 1 aromatic carbocycles. The third-order valence-electron chi connectivity index (χ3n) is 2.87. The van der Waals surface area contributed by atoms with E-state index in [1.807, 2.05) is 25.4 Å². The van der Waals surface area contributed by atoms with E-state index in [0.717, 1.165) is 18.4 Å². The first-order valence-corrected chi connectivity index (χ1v) is 6.33. The molecule has 1 atom stereocenters. The number of rotatable bonds is 5. The first-order valence-electron chi connectivity index (χ1n) is 6.33. The SMILES string of the molecule is Cc1cnc(NC(C)CCc2ccccc2)nc1. The molecule has 3 nitrogen and oxygen atoms in total. The van der Waals surface area contributed by atoms with Gasteiger partial charge in [0.1, 0.15) is 0 Å². The van der Waals surface area contributed by atoms with Crippen LogP contribution >= 0.6 is 0 Å². The fraction of sp³-hybridized carbons (Fsp3) is 0.333. The zero-order valence-electron chi connectivity index (χ0n) is 10.9. The highest BCUT2D eigenvalue weighted by Gasteiger charge is 2.04. The second-order valence-corrected chi connectivity index (χ2v) is 4.65. The van der Waals surface area contributed by atoms with E-state index in [4.69, 9.17) is 0 Å². The average Bonchev–Trinajstić information content (AvgIpc) is 2.40. The second-order valence-electron chi connectivity index (χ2n) is 4.65. The molecule has 0 aliphatic heterocycles. The molecule has 1 heterocycles. The van der Waals surface area contributed by atoms with Gasteiger partial charge in [0.25, 0.3) is 0 Å². The van der Waals surface area contributed by atoms with Crippen LogP contribution in [0.25, 0.3) is 0 Å². The Hall–Kier alpha value is -1.90. The highest BCUT2D eigenvalue weighted by molar-refractivity contribution is 5.26. The molecule has 0 spiro atoms. The monoisotopic (exact) mass is 241 g/mol. The van der Waals surface area contributed by atoms with Crippen molar-refractivity contribution in [2.75, 3.05) is 5.32 Å². The normalized spacial score (nSPS) is 12.1. The van der Waals surface area contributed by atoms with Crippen LogP contribution in [-0.2, 0) is 6.42 Å². The number of nitrogens with zero attached hydrogens (tertiary/aromatic N) is 2. The van der Waals surface area contributed by atoms with Gasteiger partial charge in [0.2, 0.25) is 5.95 Å². The molecule has 3 heteroatoms. The van der Waals surface area contributed by atoms with Crippen molar-refractivity contribution in [3.05, 3.63) is 53.9 Å². The topological polar surface area (TPSA) is 37.8 Å². The molecule has 1 aromatic heterocycles. The van der Waals surface area contributed by atoms with E-state index in [9.17, 15) is 0 Å². The van der Waals surface area contributed by atoms with Crippen LogP contribution in [0, 0.1) is 6.92 Å². The minimum Gasteiger partial charge on any atom is -0.352 e. The van der Waals surface area contributed by atoms with E-state index >= 15 is 0 Å². The van der Waals surface area contributed by atoms with Crippen LogP contribution in [0.5, 0.6) is 0 Å². The van der Waals surface area contributed by atoms with Crippen molar-refractivity contribution in [2.45, 2.75) is 32.7 Å². The molecule has 0 saturated carbocycles. The van der Waals surface area contributed by atoms with Crippen LogP contribution in [0.2, 0.25) is 0 Å². The van der Waals surface area contributed by atoms with Crippen molar-refractivity contribution in [3.63, 3.8) is 0 Å². The van der Waals surface area contributed by atoms with Gasteiger partial charge < -0.3 is 5.32 Å². The third kappa shape index (κ3) is 3.84. The standard InChI is InChI=1S/C15H19N3/c1-12-10-16-15(17-11-12)18-13(2)8-9-14-6-4-3-5-7-14/h3-7,10-11,13H,8-9H2,1-2H3,(H,16,17,18). The van der Waals surface area contributed by atoms with Crippen LogP contribution in [0.4, 0.5) is 5.95 Å². The number of benzene rings is 1. The number of hydrogen-bond acceptors (Lipinski definition) is 3. The summed E-state index contributed by atoms with van der Waals surface area (Å²) >= 11 is 0. The summed E-state index contributed by atoms with van der Waals surface area (Å²) in [6.07, 6.45) is 5.81. The molecule has 0 saturated heterocycles. The van der Waals surface area contributed by atoms with Gasteiger partial charge in [0.05, 0.1) is 0 Å². The molecule has 0 amide bonds. The maximum atomic E-state index is 4.25. The van der Waals surface area contributed by atoms with Crippen molar-refractivity contribution >= 4 is 5.95 Å². The van der Waals surface area contributed by atoms with Crippen LogP contribution in [0.3, 0.4) is 0 Å². The van der Waals surface area contributed by atoms with Gasteiger partial charge in [-0.3, -0.25) is 0 Å². The average molecular weight is 241 g/mol. The number of aryl methyl sites for hydroxylation is 2. The van der Waals surface area contributed by atoms with Gasteiger partial charge in [-0.2, -0.15) is 0 Å². The Balaban J connectivity index is 1.82. The van der Waals surface area contributed by atoms with E-state index in [1.54, 1.807) is 0 Å². The van der Waals surface area contributed by atoms with Crippen LogP contribution in [-0.4, -0.2) is 16.0 Å². The fourth-order valence-corrected chi connectivity index (χ4v) is 1.79. The molecule has 0 aliphatic carbocycles. The minimum atomic E-state index is 0.368. The van der Waals surface area contributed by atoms with Gasteiger partial charge in [-0.25, -0.2) is 9.97 Å². The summed E-state index contributed by atoms with van der Waals surface area (Å²) in [6.45, 7) is 4.15. The molecule has 18 heavy (non-hydrogen) atoms. The minimum absolute atomic E-state index is 0.368. The van der Waals surface area contributed by atoms with Crippen molar-refractivity contribution in [3.8, 4) is 0 Å². The number of hydrogen-bond donors (Lipinski definition) is 1. The first kappa shape index (κ1) is 12.6. The molecular weight excluding hydrogens is 222 g/mol. The Morgan fingerprint density at radius 2 is 1.78 bits per heavy atom. The molecule has 2 aromatic rings. The summed E-state index contributed by atoms with van der Waals surface area (Å²) in [7, 11) is 0. The lowest BCUT2D eigenvalue weighted by molar-refractivity contribution is 0.698. The summed E-state index contributed by atoms with van der Waals surface area (Å²) in [5, 5.41) is 3.32. The van der Waals surface area contributed by atoms with Gasteiger partial charge in [-0.05, 0) is 37.8 Å². The zero-order chi connectivity index (χ0) is 12.8. The predicted octanol–water partition coefficient (Wildman–Crippen LogP) is 3.22. The molecule has 1 unspecified atom stereocenters. The van der Waals surface area contributed by atoms with Crippen LogP contribution in [0.1, 0.15) is 24.5 Å². The Labute approximate surface area is 108 Å². The Bertz CT molecular complexity index is 465. The van der Waals surface area contributed by atoms with Gasteiger partial charge in [-0.1, -0.05) is 30.3 Å². The van der Waals surface area contributed by atoms with E-state index in [0.29, 0.717) is 12.0 Å². The van der Waals surface area contributed by atoms with Gasteiger partial charge in [0, 0.05) is 18.4 Å². The number of anilines is 1. The molecule has 94 valence electrons. The molecule has 0 fully saturated rings. The molecule has 0 bridgehead atoms. The van der Waals surface area contributed by atoms with Crippen molar-refractivity contribution in [2.24, 2.45) is 0 Å². The predicted molar refractivity (Wildman–Crippen MR) is 74.6 cm³/mol. The van der Waals surface area contributed by atoms with Gasteiger partial charge in [0.15, 0.2) is 0 Å². The fourth-order valence-electron chi connectivity index (χ4n) is 1.79. The first-order chi connectivity index (χ1) is 8.74. The quantitative estimate of drug-likeness (QED) is 0.873. The van der Waals surface area contributed by atoms with Crippen LogP contribution in [0.15, 0.2) is 42.7 Å². The lowest BCUT2D eigenvalue weighted by atomic mass is 10.1. The lowest BCUT2D eigenvalue weighted by Gasteiger charge is -2.13. The van der Waals surface area contributed by atoms with Crippen molar-refractivity contribution in [1.29, 1.82) is 0 Å². The van der Waals surface area contributed by atoms with E-state index in [1.165, 1.54) is 5.56 Å². The molecule has 2 rings (SSSR count). The van der Waals surface area contributed by atoms with Crippen LogP contribution < -0.4 is 5.32 Å². The van der Waals surface area contributed by atoms with E-state index < -0.39 is 0 Å². The molecule has 0 radical (unpaired) electrons. The second kappa shape index (κ2) is 6.15. The maximum absolute atomic E-state index is 4.25. The Kier molecular flexibility index (Phi) is 4.29. The molecule has 0 aliphatic rings. The highest BCUT2D eigenvalue weighted by atomic mass is 15.1. The maximum Gasteiger partial charge on any atom is 0.222 e. The van der Waals surface area contributed by atoms with Crippen molar-refractivity contribution < 1.29 is 0 Å². The van der Waals surface area contributed by atoms with Crippen molar-refractivity contribution in [1.82, 2.24) is 9.97 Å². The van der Waals surface area contributed by atoms with E-state index in [-0.39, 0.29) is 0 Å². The van der Waals surface area contributed by atoms with E-state index in [2.05, 4.69) is 46.5 Å². The summed E-state index contributed by atoms with van der Waals surface area (Å²) in [6, 6.07) is 10.9. The van der Waals surface area contributed by atoms with Gasteiger partial charge in [-0.15, -0.1) is 0 Å². The zero-order valence-corrected chi connectivity index (χ0v) is 10.9. The summed E-state index contributed by atoms with van der Waals surface area (Å²) < 4.78 is 0. The number of aromatic nitrogens is 2. The Morgan fingerprint density at radius 3 is 2.44 bits per heavy atom. The molecule has 1 N–H and O–H groups in total. The molecular formula is C15H19N3. The summed E-state index contributed by atoms with van der Waals surface area (Å²) in [5.41, 5.74) is 2.45. The number of nitrogens with one attached hydrogen (secondary N) is 1. The Morgan fingerprint density at radius 1 is 1.11 bits per heavy atom. The summed E-state index contributed by atoms with van der Waals surface area (Å²) in [4.78, 5) is 8.50. The highest BCUT2D eigenvalue weighted by Crippen LogP contribution is 2.08. The smallest absolute Gasteiger partial charge is 0.222 e. The third-order valence-corrected chi connectivity index (χ3v) is 2.87. The summed E-state index contributed by atoms with van der Waals surface area (Å²) in [5.74, 6) is 0.709. The largest absolute Gasteiger partial charge is 0.352 e.